The van der Waals surface area contributed by atoms with Crippen molar-refractivity contribution in [2.24, 2.45) is 0 Å². The van der Waals surface area contributed by atoms with Gasteiger partial charge in [-0.1, -0.05) is 76.9 Å². The highest BCUT2D eigenvalue weighted by atomic mass is 32.7. The molecular formula is C24H47O8PS. The second-order valence-corrected chi connectivity index (χ2v) is 12.9. The van der Waals surface area contributed by atoms with Crippen molar-refractivity contribution in [1.82, 2.24) is 0 Å². The molecule has 0 aromatic heterocycles. The van der Waals surface area contributed by atoms with Crippen LogP contribution in [-0.2, 0) is 13.8 Å². The molecule has 0 aromatic rings. The van der Waals surface area contributed by atoms with Crippen LogP contribution in [0.4, 0.5) is 0 Å². The van der Waals surface area contributed by atoms with Crippen LogP contribution in [0.2, 0.25) is 0 Å². The molecule has 0 saturated carbocycles. The minimum absolute atomic E-state index is 0.110. The zero-order valence-corrected chi connectivity index (χ0v) is 22.4. The fourth-order valence-corrected chi connectivity index (χ4v) is 6.72. The molecule has 1 rings (SSSR count). The lowest BCUT2D eigenvalue weighted by Gasteiger charge is -2.39. The van der Waals surface area contributed by atoms with E-state index in [1.165, 1.54) is 57.8 Å². The molecule has 5 N–H and O–H groups in total. The van der Waals surface area contributed by atoms with Gasteiger partial charge < -0.3 is 34.6 Å². The predicted molar refractivity (Wildman–Crippen MR) is 137 cm³/mol. The van der Waals surface area contributed by atoms with Crippen LogP contribution >= 0.6 is 18.2 Å². The summed E-state index contributed by atoms with van der Waals surface area (Å²) in [5.74, 6) is 0. The Labute approximate surface area is 209 Å². The van der Waals surface area contributed by atoms with Crippen LogP contribution in [0.5, 0.6) is 0 Å². The Balaban J connectivity index is 2.02. The van der Waals surface area contributed by atoms with Gasteiger partial charge in [-0.05, 0) is 43.5 Å². The molecule has 6 atom stereocenters. The second-order valence-electron chi connectivity index (χ2n) is 9.04. The Bertz CT molecular complexity index is 577. The first-order valence-corrected chi connectivity index (χ1v) is 16.0. The average Bonchev–Trinajstić information content (AvgIpc) is 2.81. The molecule has 1 fully saturated rings. The summed E-state index contributed by atoms with van der Waals surface area (Å²) in [6, 6.07) is 0. The predicted octanol–water partition coefficient (Wildman–Crippen LogP) is 4.67. The van der Waals surface area contributed by atoms with Gasteiger partial charge in [-0.3, -0.25) is 0 Å². The molecular weight excluding hydrogens is 479 g/mol. The summed E-state index contributed by atoms with van der Waals surface area (Å²) >= 11 is 0.372. The first-order chi connectivity index (χ1) is 16.3. The molecule has 34 heavy (non-hydrogen) atoms. The number of unbranched alkanes of at least 4 members (excludes halogenated alkanes) is 12. The Morgan fingerprint density at radius 3 is 1.91 bits per heavy atom. The van der Waals surface area contributed by atoms with Crippen LogP contribution in [0.15, 0.2) is 12.2 Å². The van der Waals surface area contributed by atoms with E-state index in [4.69, 9.17) is 9.26 Å². The van der Waals surface area contributed by atoms with Gasteiger partial charge in [0, 0.05) is 0 Å². The standard InChI is InChI=1S/C24H47O8PS/c1-2-3-4-5-6-7-8-9-10-11-12-13-14-15-16-17-18-31-33(29,30)34-24-23(28)22(27)21(26)20(19-25)32-24/h9-10,20-28H,2-8,11-19H2,1H3,(H,29,30)/b10-9-/t20-,21-,22+,23+,24+/m1/s1. The van der Waals surface area contributed by atoms with Crippen LogP contribution in [0.3, 0.4) is 0 Å². The highest BCUT2D eigenvalue weighted by Gasteiger charge is 2.46. The van der Waals surface area contributed by atoms with Crippen LogP contribution in [-0.4, -0.2) is 68.4 Å². The van der Waals surface area contributed by atoms with Gasteiger partial charge in [0.15, 0.2) is 0 Å². The number of ether oxygens (including phenoxy) is 1. The van der Waals surface area contributed by atoms with Crippen molar-refractivity contribution in [2.45, 2.75) is 127 Å². The number of rotatable bonds is 20. The van der Waals surface area contributed by atoms with Crippen molar-refractivity contribution in [2.75, 3.05) is 13.2 Å². The monoisotopic (exact) mass is 526 g/mol. The fourth-order valence-electron chi connectivity index (χ4n) is 3.85. The maximum atomic E-state index is 12.3. The average molecular weight is 527 g/mol. The number of hydrogen-bond donors (Lipinski definition) is 5. The first kappa shape index (κ1) is 32.1. The van der Waals surface area contributed by atoms with Gasteiger partial charge >= 0.3 is 6.80 Å². The smallest absolute Gasteiger partial charge is 0.389 e. The Morgan fingerprint density at radius 2 is 1.35 bits per heavy atom. The van der Waals surface area contributed by atoms with E-state index in [1.807, 2.05) is 0 Å². The summed E-state index contributed by atoms with van der Waals surface area (Å²) in [4.78, 5) is 10.0. The zero-order chi connectivity index (χ0) is 25.2. The van der Waals surface area contributed by atoms with Gasteiger partial charge in [0.25, 0.3) is 0 Å². The molecule has 8 nitrogen and oxygen atoms in total. The van der Waals surface area contributed by atoms with Gasteiger partial charge in [0.1, 0.15) is 29.9 Å². The van der Waals surface area contributed by atoms with Crippen LogP contribution < -0.4 is 0 Å². The molecule has 1 aliphatic rings. The van der Waals surface area contributed by atoms with E-state index in [0.29, 0.717) is 17.8 Å². The van der Waals surface area contributed by atoms with Gasteiger partial charge in [0.2, 0.25) is 0 Å². The third-order valence-corrected chi connectivity index (χ3v) is 9.11. The van der Waals surface area contributed by atoms with E-state index >= 15 is 0 Å². The summed E-state index contributed by atoms with van der Waals surface area (Å²) < 4.78 is 22.6. The normalized spacial score (nSPS) is 27.3. The van der Waals surface area contributed by atoms with Crippen molar-refractivity contribution in [3.8, 4) is 0 Å². The van der Waals surface area contributed by atoms with E-state index in [9.17, 15) is 29.9 Å². The Morgan fingerprint density at radius 1 is 0.824 bits per heavy atom. The first-order valence-electron chi connectivity index (χ1n) is 12.9. The van der Waals surface area contributed by atoms with Gasteiger partial charge in [-0.15, -0.1) is 0 Å². The molecule has 1 aliphatic heterocycles. The molecule has 1 unspecified atom stereocenters. The lowest BCUT2D eigenvalue weighted by molar-refractivity contribution is -0.205. The number of hydrogen-bond acceptors (Lipinski definition) is 8. The largest absolute Gasteiger partial charge is 0.394 e. The second kappa shape index (κ2) is 19.2. The SMILES string of the molecule is CCCCCCCC/C=C\CCCCCCCCOP(=O)(O)S[C@@H]1O[C@H](CO)[C@@H](O)[C@H](O)[C@@H]1O. The molecule has 0 radical (unpaired) electrons. The fraction of sp³-hybridized carbons (Fsp3) is 0.917. The molecule has 0 spiro atoms. The minimum atomic E-state index is -4.12. The van der Waals surface area contributed by atoms with Gasteiger partial charge in [0.05, 0.1) is 13.2 Å². The van der Waals surface area contributed by atoms with E-state index in [1.54, 1.807) is 0 Å². The number of allylic oxidation sites excluding steroid dienone is 2. The maximum Gasteiger partial charge on any atom is 0.389 e. The van der Waals surface area contributed by atoms with Gasteiger partial charge in [-0.2, -0.15) is 0 Å². The molecule has 0 amide bonds. The molecule has 1 saturated heterocycles. The van der Waals surface area contributed by atoms with E-state index in [-0.39, 0.29) is 6.61 Å². The molecule has 0 aliphatic carbocycles. The molecule has 0 bridgehead atoms. The van der Waals surface area contributed by atoms with Crippen molar-refractivity contribution < 1.29 is 39.1 Å². The highest BCUT2D eigenvalue weighted by Crippen LogP contribution is 2.59. The van der Waals surface area contributed by atoms with Crippen LogP contribution in [0.25, 0.3) is 0 Å². The minimum Gasteiger partial charge on any atom is -0.394 e. The number of aliphatic hydroxyl groups excluding tert-OH is 4. The van der Waals surface area contributed by atoms with Crippen molar-refractivity contribution >= 4 is 18.2 Å². The van der Waals surface area contributed by atoms with E-state index < -0.39 is 43.3 Å². The summed E-state index contributed by atoms with van der Waals surface area (Å²) in [6.07, 6.45) is 15.2. The van der Waals surface area contributed by atoms with Crippen molar-refractivity contribution in [1.29, 1.82) is 0 Å². The lowest BCUT2D eigenvalue weighted by atomic mass is 10.0. The summed E-state index contributed by atoms with van der Waals surface area (Å²) in [5.41, 5.74) is -1.29. The lowest BCUT2D eigenvalue weighted by Crippen LogP contribution is -2.57. The third kappa shape index (κ3) is 14.0. The topological polar surface area (TPSA) is 137 Å². The Hall–Kier alpha value is 0.0400. The Kier molecular flexibility index (Phi) is 18.1. The summed E-state index contributed by atoms with van der Waals surface area (Å²) in [5, 5.41) is 38.7. The zero-order valence-electron chi connectivity index (χ0n) is 20.7. The molecule has 10 heteroatoms. The van der Waals surface area contributed by atoms with E-state index in [0.717, 1.165) is 25.7 Å². The molecule has 1 heterocycles. The maximum absolute atomic E-state index is 12.3. The molecule has 202 valence electrons. The summed E-state index contributed by atoms with van der Waals surface area (Å²) in [7, 11) is 0. The molecule has 0 aromatic carbocycles. The van der Waals surface area contributed by atoms with Crippen LogP contribution in [0.1, 0.15) is 96.8 Å². The quantitative estimate of drug-likeness (QED) is 0.0870. The highest BCUT2D eigenvalue weighted by molar-refractivity contribution is 8.55. The summed E-state index contributed by atoms with van der Waals surface area (Å²) in [6.45, 7) is -2.36. The van der Waals surface area contributed by atoms with Crippen molar-refractivity contribution in [3.63, 3.8) is 0 Å². The van der Waals surface area contributed by atoms with Crippen LogP contribution in [0, 0.1) is 0 Å². The van der Waals surface area contributed by atoms with E-state index in [2.05, 4.69) is 19.1 Å². The number of aliphatic hydroxyl groups is 4. The van der Waals surface area contributed by atoms with Gasteiger partial charge in [-0.25, -0.2) is 4.57 Å². The van der Waals surface area contributed by atoms with Crippen molar-refractivity contribution in [3.05, 3.63) is 12.2 Å². The third-order valence-electron chi connectivity index (χ3n) is 6.00.